The van der Waals surface area contributed by atoms with E-state index in [0.29, 0.717) is 31.4 Å². The van der Waals surface area contributed by atoms with E-state index in [1.807, 2.05) is 218 Å². The molecule has 3 fully saturated rings. The van der Waals surface area contributed by atoms with Gasteiger partial charge in [0.1, 0.15) is 73.7 Å². The molecule has 3 saturated heterocycles. The Bertz CT molecular complexity index is 3930. The van der Waals surface area contributed by atoms with Crippen LogP contribution in [-0.2, 0) is 129 Å². The number of rotatable bonds is 38. The lowest BCUT2D eigenvalue weighted by Crippen LogP contribution is -2.70. The first-order valence-electron chi connectivity index (χ1n) is 36.3. The summed E-state index contributed by atoms with van der Waals surface area (Å²) in [5.74, 6) is -3.11. The van der Waals surface area contributed by atoms with Crippen molar-refractivity contribution in [2.45, 2.75) is 177 Å². The van der Waals surface area contributed by atoms with Crippen LogP contribution in [0.15, 0.2) is 237 Å². The average Bonchev–Trinajstić information content (AvgIpc) is 0.766. The monoisotopic (exact) mass is 1490 g/mol. The summed E-state index contributed by atoms with van der Waals surface area (Å²) in [4.78, 5) is 39.8. The fourth-order valence-corrected chi connectivity index (χ4v) is 12.9. The molecule has 3 aliphatic rings. The molecule has 3 N–H and O–H groups in total. The Morgan fingerprint density at radius 2 is 0.843 bits per heavy atom. The summed E-state index contributed by atoms with van der Waals surface area (Å²) in [5, 5.41) is 18.2. The van der Waals surface area contributed by atoms with E-state index in [0.717, 1.165) is 38.9 Å². The minimum atomic E-state index is -5.53. The molecule has 24 heteroatoms. The zero-order valence-electron chi connectivity index (χ0n) is 60.2. The molecule has 574 valence electrons. The first-order chi connectivity index (χ1) is 52.7. The Hall–Kier alpha value is -8.80. The molecular formula is C84H93F3N2O19. The van der Waals surface area contributed by atoms with Gasteiger partial charge >= 0.3 is 24.1 Å². The van der Waals surface area contributed by atoms with Gasteiger partial charge in [-0.05, 0) is 76.8 Å². The van der Waals surface area contributed by atoms with Gasteiger partial charge in [-0.15, -0.1) is 0 Å². The summed E-state index contributed by atoms with van der Waals surface area (Å²) in [7, 11) is 1.26. The molecule has 0 radical (unpaired) electrons. The number of benzene rings is 8. The lowest BCUT2D eigenvalue weighted by molar-refractivity contribution is -0.381. The van der Waals surface area contributed by atoms with Gasteiger partial charge in [-0.25, -0.2) is 9.59 Å². The second kappa shape index (κ2) is 41.7. The number of aliphatic hydroxyl groups excluding tert-OH is 1. The number of unbranched alkanes of at least 4 members (excludes halogenated alkanes) is 2. The maximum Gasteiger partial charge on any atom is 0.471 e. The number of ether oxygens (including phenoxy) is 15. The van der Waals surface area contributed by atoms with Crippen molar-refractivity contribution in [1.29, 1.82) is 0 Å². The second-order valence-corrected chi connectivity index (χ2v) is 26.4. The van der Waals surface area contributed by atoms with Gasteiger partial charge in [0.2, 0.25) is 0 Å². The van der Waals surface area contributed by atoms with E-state index in [1.54, 1.807) is 31.2 Å². The second-order valence-electron chi connectivity index (χ2n) is 26.4. The van der Waals surface area contributed by atoms with E-state index in [4.69, 9.17) is 71.1 Å². The molecule has 0 aromatic heterocycles. The van der Waals surface area contributed by atoms with Crippen LogP contribution in [-0.4, -0.2) is 155 Å². The number of nitrogens with one attached hydrogen (secondary N) is 2. The van der Waals surface area contributed by atoms with Gasteiger partial charge < -0.3 is 86.8 Å². The molecule has 2 amide bonds. The Morgan fingerprint density at radius 3 is 1.34 bits per heavy atom. The number of halogens is 3. The average molecular weight is 1490 g/mol. The zero-order valence-corrected chi connectivity index (χ0v) is 60.2. The molecule has 0 saturated carbocycles. The van der Waals surface area contributed by atoms with Crippen molar-refractivity contribution in [3.63, 3.8) is 0 Å². The highest BCUT2D eigenvalue weighted by Gasteiger charge is 2.57. The van der Waals surface area contributed by atoms with E-state index in [1.165, 1.54) is 7.11 Å². The van der Waals surface area contributed by atoms with Crippen molar-refractivity contribution in [3.8, 4) is 0 Å². The number of alkyl carbamates (subject to hydrolysis) is 1. The van der Waals surface area contributed by atoms with Crippen molar-refractivity contribution in [2.75, 3.05) is 33.5 Å². The molecule has 108 heavy (non-hydrogen) atoms. The maximum absolute atomic E-state index is 15.1. The smallest absolute Gasteiger partial charge is 0.465 e. The third kappa shape index (κ3) is 23.9. The van der Waals surface area contributed by atoms with Crippen LogP contribution in [0, 0.1) is 0 Å². The summed E-state index contributed by atoms with van der Waals surface area (Å²) in [6, 6.07) is 69.7. The fourth-order valence-electron chi connectivity index (χ4n) is 12.9. The van der Waals surface area contributed by atoms with Gasteiger partial charge in [-0.1, -0.05) is 231 Å². The van der Waals surface area contributed by atoms with Crippen molar-refractivity contribution in [2.24, 2.45) is 0 Å². The van der Waals surface area contributed by atoms with Crippen LogP contribution in [0.2, 0.25) is 0 Å². The molecule has 3 heterocycles. The van der Waals surface area contributed by atoms with Gasteiger partial charge in [-0.3, -0.25) is 4.79 Å². The summed E-state index contributed by atoms with van der Waals surface area (Å²) >= 11 is 0. The highest BCUT2D eigenvalue weighted by Crippen LogP contribution is 2.39. The van der Waals surface area contributed by atoms with Crippen LogP contribution in [0.1, 0.15) is 81.1 Å². The first kappa shape index (κ1) is 80.2. The summed E-state index contributed by atoms with van der Waals surface area (Å²) in [6.45, 7) is 1.44. The number of carbonyl (C=O) groups is 3. The van der Waals surface area contributed by atoms with Crippen molar-refractivity contribution >= 4 is 18.0 Å². The SMILES string of the molecule is COC(=O)c1ccccc1CO[C@H]1[C@@H](O[C@H]2[C@H](O)[C@@H](NC(=O)C(F)(F)F)[C@H](O[C@H]3[C@H](OCCCCCNC(=O)OCc4ccccc4)O[C@@H](C)[C@H](OCc4ccccc4)[C@H]3OCc3ccccc3)O[C@@H]2COCc2ccccc2)O[C@H](COCc2ccccc2)[C@@H](OCc2ccccc2)[C@@H]1OCc1ccccc1. The van der Waals surface area contributed by atoms with Gasteiger partial charge in [0, 0.05) is 13.2 Å². The van der Waals surface area contributed by atoms with Crippen molar-refractivity contribution in [3.05, 3.63) is 287 Å². The molecule has 3 aliphatic heterocycles. The van der Waals surface area contributed by atoms with Crippen LogP contribution >= 0.6 is 0 Å². The van der Waals surface area contributed by atoms with E-state index < -0.39 is 123 Å². The van der Waals surface area contributed by atoms with Crippen LogP contribution in [0.5, 0.6) is 0 Å². The highest BCUT2D eigenvalue weighted by atomic mass is 19.4. The normalized spacial score (nSPS) is 24.3. The number of hydrogen-bond acceptors (Lipinski definition) is 19. The molecule has 0 bridgehead atoms. The summed E-state index contributed by atoms with van der Waals surface area (Å²) in [6.07, 6.45) is -24.4. The highest BCUT2D eigenvalue weighted by molar-refractivity contribution is 5.91. The predicted molar refractivity (Wildman–Crippen MR) is 388 cm³/mol. The topological polar surface area (TPSA) is 234 Å². The fraction of sp³-hybridized carbons (Fsp3) is 0.393. The molecule has 11 rings (SSSR count). The van der Waals surface area contributed by atoms with Crippen LogP contribution < -0.4 is 10.6 Å². The first-order valence-corrected chi connectivity index (χ1v) is 36.3. The van der Waals surface area contributed by atoms with Gasteiger partial charge in [0.05, 0.1) is 78.2 Å². The third-order valence-corrected chi connectivity index (χ3v) is 18.5. The molecular weight excluding hydrogens is 1400 g/mol. The Morgan fingerprint density at radius 1 is 0.426 bits per heavy atom. The van der Waals surface area contributed by atoms with Gasteiger partial charge in [0.15, 0.2) is 18.9 Å². The standard InChI is InChI=1S/C84H93F3N2O19/c1-57-71(98-49-60-33-15-5-16-34-60)74(100-51-62-37-19-7-20-38-62)77(80(104-57)97-46-28-10-27-45-88-83(93)103-53-64-41-23-9-24-42-64)108-79-69(89-82(92)84(85,86)87)70(90)72(67(105-79)55-95-47-58-29-11-3-12-30-58)107-81-76(102-54-65-43-25-26-44-66(65)78(91)94-2)75(101-52-63-39-21-8-22-40-63)73(99-50-61-35-17-6-18-36-61)68(106-81)56-96-48-59-31-13-4-14-32-59/h3-9,11-26,29-44,57,67-77,79-81,90H,10,27-28,45-56H2,1-2H3,(H,88,93)(H,89,92)/t57-,67+,68+,69+,70+,71-,72+,73+,74+,75-,76+,77+,79-,80+,81+/m0/s1. The Kier molecular flexibility index (Phi) is 31.0. The number of hydrogen-bond donors (Lipinski definition) is 3. The van der Waals surface area contributed by atoms with E-state index in [2.05, 4.69) is 5.32 Å². The lowest BCUT2D eigenvalue weighted by Gasteiger charge is -2.51. The largest absolute Gasteiger partial charge is 0.471 e. The number of methoxy groups -OCH3 is 1. The summed E-state index contributed by atoms with van der Waals surface area (Å²) in [5.41, 5.74) is 6.07. The van der Waals surface area contributed by atoms with E-state index >= 15 is 13.2 Å². The number of alkyl halides is 3. The van der Waals surface area contributed by atoms with E-state index in [9.17, 15) is 19.5 Å². The minimum Gasteiger partial charge on any atom is -0.465 e. The van der Waals surface area contributed by atoms with E-state index in [-0.39, 0.29) is 71.6 Å². The van der Waals surface area contributed by atoms with Gasteiger partial charge in [-0.2, -0.15) is 13.2 Å². The third-order valence-electron chi connectivity index (χ3n) is 18.5. The minimum absolute atomic E-state index is 0.0245. The quantitative estimate of drug-likeness (QED) is 0.0241. The number of amides is 2. The molecule has 0 unspecified atom stereocenters. The Labute approximate surface area is 627 Å². The maximum atomic E-state index is 15.1. The molecule has 8 aromatic rings. The number of aliphatic hydroxyl groups is 1. The zero-order chi connectivity index (χ0) is 75.3. The lowest BCUT2D eigenvalue weighted by atomic mass is 9.94. The van der Waals surface area contributed by atoms with Crippen LogP contribution in [0.4, 0.5) is 18.0 Å². The number of carbonyl (C=O) groups excluding carboxylic acids is 3. The molecule has 15 atom stereocenters. The Balaban J connectivity index is 0.962. The molecule has 0 aliphatic carbocycles. The molecule has 21 nitrogen and oxygen atoms in total. The van der Waals surface area contributed by atoms with Gasteiger partial charge in [0.25, 0.3) is 0 Å². The van der Waals surface area contributed by atoms with Crippen molar-refractivity contribution in [1.82, 2.24) is 10.6 Å². The number of esters is 1. The summed E-state index contributed by atoms with van der Waals surface area (Å²) < 4.78 is 145. The van der Waals surface area contributed by atoms with Crippen molar-refractivity contribution < 1.29 is 104 Å². The van der Waals surface area contributed by atoms with Crippen LogP contribution in [0.25, 0.3) is 0 Å². The predicted octanol–water partition coefficient (Wildman–Crippen LogP) is 12.6. The molecule has 0 spiro atoms. The van der Waals surface area contributed by atoms with Crippen LogP contribution in [0.3, 0.4) is 0 Å². The molecule has 8 aromatic carbocycles.